The van der Waals surface area contributed by atoms with E-state index in [9.17, 15) is 19.3 Å². The molecule has 0 saturated carbocycles. The molecule has 0 fully saturated rings. The number of rotatable bonds is 3. The predicted octanol–water partition coefficient (Wildman–Crippen LogP) is 4.40. The fourth-order valence-corrected chi connectivity index (χ4v) is 2.07. The first-order valence-electron chi connectivity index (χ1n) is 5.59. The first-order valence-corrected chi connectivity index (χ1v) is 6.76. The van der Waals surface area contributed by atoms with Crippen LogP contribution in [0.5, 0.6) is 0 Å². The number of nitrogens with one attached hydrogen (secondary N) is 1. The Morgan fingerprint density at radius 1 is 1.29 bits per heavy atom. The van der Waals surface area contributed by atoms with Crippen LogP contribution in [0.15, 0.2) is 40.9 Å². The fourth-order valence-electron chi connectivity index (χ4n) is 1.57. The number of hydrogen-bond donors (Lipinski definition) is 1. The van der Waals surface area contributed by atoms with E-state index in [0.717, 1.165) is 12.1 Å². The topological polar surface area (TPSA) is 72.2 Å². The number of carbonyl (C=O) groups excluding carboxylic acids is 1. The van der Waals surface area contributed by atoms with Crippen molar-refractivity contribution in [2.75, 3.05) is 5.32 Å². The summed E-state index contributed by atoms with van der Waals surface area (Å²) in [6.07, 6.45) is 0. The van der Waals surface area contributed by atoms with Gasteiger partial charge < -0.3 is 5.32 Å². The number of nitro groups is 1. The summed E-state index contributed by atoms with van der Waals surface area (Å²) in [7, 11) is 0. The van der Waals surface area contributed by atoms with Gasteiger partial charge in [-0.2, -0.15) is 4.39 Å². The van der Waals surface area contributed by atoms with Crippen LogP contribution in [0.2, 0.25) is 5.02 Å². The first kappa shape index (κ1) is 15.4. The van der Waals surface area contributed by atoms with Gasteiger partial charge in [-0.1, -0.05) is 11.6 Å². The zero-order valence-electron chi connectivity index (χ0n) is 10.3. The molecule has 0 radical (unpaired) electrons. The maximum atomic E-state index is 13.2. The highest BCUT2D eigenvalue weighted by Crippen LogP contribution is 2.26. The Labute approximate surface area is 132 Å². The summed E-state index contributed by atoms with van der Waals surface area (Å²) in [4.78, 5) is 21.8. The van der Waals surface area contributed by atoms with Crippen molar-refractivity contribution in [1.82, 2.24) is 0 Å². The molecule has 8 heteroatoms. The monoisotopic (exact) mass is 372 g/mol. The molecular formula is C13H7BrClFN2O3. The highest BCUT2D eigenvalue weighted by atomic mass is 79.9. The number of hydrogen-bond acceptors (Lipinski definition) is 3. The first-order chi connectivity index (χ1) is 9.88. The molecule has 0 atom stereocenters. The lowest BCUT2D eigenvalue weighted by atomic mass is 10.1. The van der Waals surface area contributed by atoms with Crippen LogP contribution in [0.3, 0.4) is 0 Å². The molecule has 0 unspecified atom stereocenters. The fraction of sp³-hybridized carbons (Fsp3) is 0. The van der Waals surface area contributed by atoms with Gasteiger partial charge in [0.05, 0.1) is 9.95 Å². The molecule has 0 aliphatic rings. The van der Waals surface area contributed by atoms with Gasteiger partial charge in [-0.05, 0) is 46.3 Å². The van der Waals surface area contributed by atoms with Gasteiger partial charge in [0.25, 0.3) is 5.91 Å². The smallest absolute Gasteiger partial charge is 0.305 e. The van der Waals surface area contributed by atoms with Crippen molar-refractivity contribution in [3.8, 4) is 0 Å². The molecule has 0 aromatic heterocycles. The standard InChI is InChI=1S/C13H7BrClFN2O3/c14-9-6-8(2-3-10(9)15)17-13(19)7-1-4-11(16)12(5-7)18(20)21/h1-6H,(H,17,19). The Hall–Kier alpha value is -1.99. The number of anilines is 1. The summed E-state index contributed by atoms with van der Waals surface area (Å²) in [5, 5.41) is 13.7. The Bertz CT molecular complexity index is 739. The Morgan fingerprint density at radius 2 is 2.00 bits per heavy atom. The number of nitro benzene ring substituents is 1. The zero-order chi connectivity index (χ0) is 15.6. The van der Waals surface area contributed by atoms with E-state index in [1.165, 1.54) is 6.07 Å². The van der Waals surface area contributed by atoms with Crippen LogP contribution in [0.4, 0.5) is 15.8 Å². The molecule has 2 rings (SSSR count). The minimum Gasteiger partial charge on any atom is -0.322 e. The zero-order valence-corrected chi connectivity index (χ0v) is 12.6. The van der Waals surface area contributed by atoms with E-state index in [0.29, 0.717) is 15.2 Å². The summed E-state index contributed by atoms with van der Waals surface area (Å²) >= 11 is 9.04. The van der Waals surface area contributed by atoms with E-state index in [1.807, 2.05) is 0 Å². The van der Waals surface area contributed by atoms with Crippen molar-refractivity contribution in [2.24, 2.45) is 0 Å². The lowest BCUT2D eigenvalue weighted by Gasteiger charge is -2.06. The largest absolute Gasteiger partial charge is 0.322 e. The Kier molecular flexibility index (Phi) is 4.54. The lowest BCUT2D eigenvalue weighted by Crippen LogP contribution is -2.12. The van der Waals surface area contributed by atoms with E-state index in [4.69, 9.17) is 11.6 Å². The number of nitrogens with zero attached hydrogens (tertiary/aromatic N) is 1. The molecule has 1 amide bonds. The summed E-state index contributed by atoms with van der Waals surface area (Å²) < 4.78 is 13.8. The number of benzene rings is 2. The van der Waals surface area contributed by atoms with Gasteiger partial charge in [0.2, 0.25) is 5.82 Å². The maximum absolute atomic E-state index is 13.2. The van der Waals surface area contributed by atoms with Crippen molar-refractivity contribution in [3.05, 3.63) is 67.4 Å². The van der Waals surface area contributed by atoms with E-state index < -0.39 is 22.3 Å². The molecule has 0 aliphatic heterocycles. The molecule has 0 aliphatic carbocycles. The molecule has 108 valence electrons. The van der Waals surface area contributed by atoms with Gasteiger partial charge in [0.15, 0.2) is 0 Å². The average molecular weight is 374 g/mol. The second-order valence-corrected chi connectivity index (χ2v) is 5.27. The van der Waals surface area contributed by atoms with Crippen LogP contribution in [-0.4, -0.2) is 10.8 Å². The van der Waals surface area contributed by atoms with E-state index >= 15 is 0 Å². The summed E-state index contributed by atoms with van der Waals surface area (Å²) in [5.41, 5.74) is -0.322. The van der Waals surface area contributed by atoms with E-state index in [1.54, 1.807) is 18.2 Å². The van der Waals surface area contributed by atoms with Crippen LogP contribution in [-0.2, 0) is 0 Å². The SMILES string of the molecule is O=C(Nc1ccc(Cl)c(Br)c1)c1ccc(F)c([N+](=O)[O-])c1. The predicted molar refractivity (Wildman–Crippen MR) is 80.2 cm³/mol. The van der Waals surface area contributed by atoms with Crippen LogP contribution >= 0.6 is 27.5 Å². The van der Waals surface area contributed by atoms with Gasteiger partial charge in [-0.3, -0.25) is 14.9 Å². The number of halogens is 3. The molecule has 2 aromatic carbocycles. The van der Waals surface area contributed by atoms with Gasteiger partial charge in [0.1, 0.15) is 0 Å². The van der Waals surface area contributed by atoms with Crippen molar-refractivity contribution >= 4 is 44.8 Å². The minimum atomic E-state index is -0.995. The van der Waals surface area contributed by atoms with Gasteiger partial charge in [0, 0.05) is 21.8 Å². The van der Waals surface area contributed by atoms with Crippen LogP contribution in [0, 0.1) is 15.9 Å². The average Bonchev–Trinajstić information content (AvgIpc) is 2.43. The molecular weight excluding hydrogens is 367 g/mol. The summed E-state index contributed by atoms with van der Waals surface area (Å²) in [6, 6.07) is 7.67. The number of carbonyl (C=O) groups is 1. The third kappa shape index (κ3) is 3.56. The quantitative estimate of drug-likeness (QED) is 0.640. The van der Waals surface area contributed by atoms with E-state index in [-0.39, 0.29) is 5.56 Å². The third-order valence-corrected chi connectivity index (χ3v) is 3.80. The van der Waals surface area contributed by atoms with Crippen molar-refractivity contribution in [3.63, 3.8) is 0 Å². The second-order valence-electron chi connectivity index (χ2n) is 4.01. The maximum Gasteiger partial charge on any atom is 0.305 e. The molecule has 5 nitrogen and oxygen atoms in total. The Morgan fingerprint density at radius 3 is 2.62 bits per heavy atom. The van der Waals surface area contributed by atoms with Crippen LogP contribution in [0.25, 0.3) is 0 Å². The highest BCUT2D eigenvalue weighted by molar-refractivity contribution is 9.10. The molecule has 0 saturated heterocycles. The molecule has 0 heterocycles. The Balaban J connectivity index is 2.26. The second kappa shape index (κ2) is 6.19. The molecule has 0 bridgehead atoms. The lowest BCUT2D eigenvalue weighted by molar-refractivity contribution is -0.387. The van der Waals surface area contributed by atoms with Gasteiger partial charge in [-0.15, -0.1) is 0 Å². The molecule has 2 aromatic rings. The van der Waals surface area contributed by atoms with Crippen LogP contribution in [0.1, 0.15) is 10.4 Å². The van der Waals surface area contributed by atoms with Crippen molar-refractivity contribution in [1.29, 1.82) is 0 Å². The highest BCUT2D eigenvalue weighted by Gasteiger charge is 2.17. The van der Waals surface area contributed by atoms with Crippen molar-refractivity contribution < 1.29 is 14.1 Å². The summed E-state index contributed by atoms with van der Waals surface area (Å²) in [6.45, 7) is 0. The minimum absolute atomic E-state index is 0.0193. The third-order valence-electron chi connectivity index (χ3n) is 2.58. The van der Waals surface area contributed by atoms with E-state index in [2.05, 4.69) is 21.2 Å². The molecule has 0 spiro atoms. The van der Waals surface area contributed by atoms with Crippen molar-refractivity contribution in [2.45, 2.75) is 0 Å². The van der Waals surface area contributed by atoms with Gasteiger partial charge in [-0.25, -0.2) is 0 Å². The van der Waals surface area contributed by atoms with Crippen LogP contribution < -0.4 is 5.32 Å². The summed E-state index contributed by atoms with van der Waals surface area (Å²) in [5.74, 6) is -1.59. The molecule has 1 N–H and O–H groups in total. The normalized spacial score (nSPS) is 10.2. The molecule has 21 heavy (non-hydrogen) atoms. The number of amides is 1. The van der Waals surface area contributed by atoms with Gasteiger partial charge >= 0.3 is 5.69 Å².